The second-order valence-electron chi connectivity index (χ2n) is 6.35. The minimum absolute atomic E-state index is 0.0454. The number of ether oxygens (including phenoxy) is 2. The number of methoxy groups -OCH3 is 1. The molecule has 0 fully saturated rings. The third-order valence-electron chi connectivity index (χ3n) is 3.82. The summed E-state index contributed by atoms with van der Waals surface area (Å²) in [5, 5.41) is 13.1. The number of carbonyl (C=O) groups is 2. The van der Waals surface area contributed by atoms with Crippen molar-refractivity contribution in [3.05, 3.63) is 17.7 Å². The number of rotatable bonds is 6. The Morgan fingerprint density at radius 3 is 2.42 bits per heavy atom. The normalized spacial score (nSPS) is 11.1. The molecule has 0 saturated carbocycles. The third-order valence-corrected chi connectivity index (χ3v) is 3.82. The van der Waals surface area contributed by atoms with Gasteiger partial charge in [-0.15, -0.1) is 0 Å². The molecule has 0 aliphatic heterocycles. The van der Waals surface area contributed by atoms with Crippen LogP contribution in [0.2, 0.25) is 0 Å². The predicted molar refractivity (Wildman–Crippen MR) is 91.6 cm³/mol. The van der Waals surface area contributed by atoms with E-state index in [4.69, 9.17) is 9.47 Å². The lowest BCUT2D eigenvalue weighted by molar-refractivity contribution is -0.119. The van der Waals surface area contributed by atoms with Crippen molar-refractivity contribution in [1.82, 2.24) is 4.90 Å². The van der Waals surface area contributed by atoms with E-state index in [1.165, 1.54) is 18.1 Å². The molecular formula is C17H26N2O5. The maximum atomic E-state index is 11.8. The molecule has 2 amide bonds. The number of carbonyl (C=O) groups excluding carboxylic acids is 2. The summed E-state index contributed by atoms with van der Waals surface area (Å²) in [4.78, 5) is 24.9. The number of hydrogen-bond acceptors (Lipinski definition) is 5. The first-order chi connectivity index (χ1) is 11.1. The van der Waals surface area contributed by atoms with Crippen molar-refractivity contribution in [3.8, 4) is 11.5 Å². The van der Waals surface area contributed by atoms with Gasteiger partial charge in [-0.3, -0.25) is 4.79 Å². The van der Waals surface area contributed by atoms with Gasteiger partial charge in [0.15, 0.2) is 0 Å². The van der Waals surface area contributed by atoms with Crippen LogP contribution in [-0.4, -0.2) is 49.8 Å². The Balaban J connectivity index is 3.33. The van der Waals surface area contributed by atoms with Crippen LogP contribution in [0.15, 0.2) is 12.1 Å². The smallest absolute Gasteiger partial charge is 0.414 e. The Morgan fingerprint density at radius 2 is 1.92 bits per heavy atom. The van der Waals surface area contributed by atoms with Crippen molar-refractivity contribution < 1.29 is 24.2 Å². The molecule has 0 aliphatic carbocycles. The van der Waals surface area contributed by atoms with Crippen LogP contribution in [-0.2, 0) is 14.9 Å². The molecule has 134 valence electrons. The molecule has 7 heteroatoms. The predicted octanol–water partition coefficient (Wildman–Crippen LogP) is 2.73. The molecular weight excluding hydrogens is 312 g/mol. The van der Waals surface area contributed by atoms with Gasteiger partial charge in [0.05, 0.1) is 5.69 Å². The van der Waals surface area contributed by atoms with Crippen LogP contribution in [0.1, 0.15) is 32.8 Å². The van der Waals surface area contributed by atoms with Gasteiger partial charge >= 0.3 is 6.09 Å². The van der Waals surface area contributed by atoms with E-state index in [0.29, 0.717) is 5.56 Å². The molecule has 0 saturated heterocycles. The number of hydrogen-bond donors (Lipinski definition) is 2. The van der Waals surface area contributed by atoms with E-state index >= 15 is 0 Å². The lowest BCUT2D eigenvalue weighted by Gasteiger charge is -2.26. The van der Waals surface area contributed by atoms with E-state index in [0.717, 1.165) is 6.42 Å². The monoisotopic (exact) mass is 338 g/mol. The summed E-state index contributed by atoms with van der Waals surface area (Å²) >= 11 is 0. The van der Waals surface area contributed by atoms with Gasteiger partial charge in [-0.1, -0.05) is 20.8 Å². The SMILES string of the molecule is CCC(C)(C)c1cc(OC(=O)N(C)C)cc(NC(=O)COC)c1O. The highest BCUT2D eigenvalue weighted by molar-refractivity contribution is 5.94. The largest absolute Gasteiger partial charge is 0.505 e. The highest BCUT2D eigenvalue weighted by atomic mass is 16.6. The minimum atomic E-state index is -0.546. The average Bonchev–Trinajstić information content (AvgIpc) is 2.50. The fourth-order valence-corrected chi connectivity index (χ4v) is 1.98. The van der Waals surface area contributed by atoms with Gasteiger partial charge in [0.1, 0.15) is 18.1 Å². The van der Waals surface area contributed by atoms with Crippen LogP contribution in [0.5, 0.6) is 11.5 Å². The van der Waals surface area contributed by atoms with Gasteiger partial charge in [0.25, 0.3) is 0 Å². The van der Waals surface area contributed by atoms with E-state index in [9.17, 15) is 14.7 Å². The molecule has 1 aromatic carbocycles. The molecule has 0 heterocycles. The van der Waals surface area contributed by atoms with Gasteiger partial charge in [0.2, 0.25) is 5.91 Å². The lowest BCUT2D eigenvalue weighted by Crippen LogP contribution is -2.26. The first-order valence-corrected chi connectivity index (χ1v) is 7.67. The van der Waals surface area contributed by atoms with Crippen LogP contribution in [0.4, 0.5) is 10.5 Å². The molecule has 24 heavy (non-hydrogen) atoms. The van der Waals surface area contributed by atoms with E-state index in [1.54, 1.807) is 20.2 Å². The van der Waals surface area contributed by atoms with Gasteiger partial charge in [0, 0.05) is 32.8 Å². The minimum Gasteiger partial charge on any atom is -0.505 e. The van der Waals surface area contributed by atoms with Crippen LogP contribution < -0.4 is 10.1 Å². The highest BCUT2D eigenvalue weighted by Gasteiger charge is 2.26. The zero-order valence-electron chi connectivity index (χ0n) is 15.1. The highest BCUT2D eigenvalue weighted by Crippen LogP contribution is 2.41. The van der Waals surface area contributed by atoms with E-state index in [1.807, 2.05) is 20.8 Å². The summed E-state index contributed by atoms with van der Waals surface area (Å²) < 4.78 is 10.1. The molecule has 0 radical (unpaired) electrons. The summed E-state index contributed by atoms with van der Waals surface area (Å²) in [5.74, 6) is -0.212. The van der Waals surface area contributed by atoms with Crippen molar-refractivity contribution >= 4 is 17.7 Å². The maximum absolute atomic E-state index is 11.8. The van der Waals surface area contributed by atoms with Gasteiger partial charge in [-0.05, 0) is 17.9 Å². The molecule has 7 nitrogen and oxygen atoms in total. The fourth-order valence-electron chi connectivity index (χ4n) is 1.98. The van der Waals surface area contributed by atoms with E-state index in [-0.39, 0.29) is 29.2 Å². The zero-order chi connectivity index (χ0) is 18.5. The summed E-state index contributed by atoms with van der Waals surface area (Å²) in [6.07, 6.45) is 0.201. The number of benzene rings is 1. The van der Waals surface area contributed by atoms with Crippen LogP contribution >= 0.6 is 0 Å². The maximum Gasteiger partial charge on any atom is 0.414 e. The topological polar surface area (TPSA) is 88.1 Å². The molecule has 2 N–H and O–H groups in total. The Bertz CT molecular complexity index is 611. The number of phenolic OH excluding ortho intramolecular Hbond substituents is 1. The zero-order valence-corrected chi connectivity index (χ0v) is 15.1. The Kier molecular flexibility index (Phi) is 6.60. The van der Waals surface area contributed by atoms with Crippen molar-refractivity contribution in [2.75, 3.05) is 33.1 Å². The van der Waals surface area contributed by atoms with E-state index < -0.39 is 12.0 Å². The molecule has 0 spiro atoms. The van der Waals surface area contributed by atoms with Crippen molar-refractivity contribution in [2.45, 2.75) is 32.6 Å². The molecule has 0 unspecified atom stereocenters. The van der Waals surface area contributed by atoms with E-state index in [2.05, 4.69) is 5.32 Å². The molecule has 0 bridgehead atoms. The van der Waals surface area contributed by atoms with Gasteiger partial charge < -0.3 is 24.8 Å². The number of anilines is 1. The average molecular weight is 338 g/mol. The number of aromatic hydroxyl groups is 1. The molecule has 1 rings (SSSR count). The van der Waals surface area contributed by atoms with Gasteiger partial charge in [-0.25, -0.2) is 4.79 Å². The molecule has 0 atom stereocenters. The fraction of sp³-hybridized carbons (Fsp3) is 0.529. The van der Waals surface area contributed by atoms with Crippen molar-refractivity contribution in [3.63, 3.8) is 0 Å². The standard InChI is InChI=1S/C17H26N2O5/c1-7-17(2,3)12-8-11(24-16(22)19(4)5)9-13(15(12)21)18-14(20)10-23-6/h8-9,21H,7,10H2,1-6H3,(H,18,20). The first kappa shape index (κ1) is 19.8. The Morgan fingerprint density at radius 1 is 1.29 bits per heavy atom. The quantitative estimate of drug-likeness (QED) is 0.779. The molecule has 0 aliphatic rings. The second kappa shape index (κ2) is 8.01. The Hall–Kier alpha value is -2.28. The third kappa shape index (κ3) is 4.86. The van der Waals surface area contributed by atoms with Crippen LogP contribution in [0.25, 0.3) is 0 Å². The van der Waals surface area contributed by atoms with Crippen molar-refractivity contribution in [1.29, 1.82) is 0 Å². The Labute approximate surface area is 142 Å². The van der Waals surface area contributed by atoms with Crippen LogP contribution in [0, 0.1) is 0 Å². The molecule has 0 aromatic heterocycles. The van der Waals surface area contributed by atoms with Crippen molar-refractivity contribution in [2.24, 2.45) is 0 Å². The molecule has 1 aromatic rings. The summed E-state index contributed by atoms with van der Waals surface area (Å²) in [5.41, 5.74) is 0.394. The number of phenols is 1. The number of nitrogens with one attached hydrogen (secondary N) is 1. The first-order valence-electron chi connectivity index (χ1n) is 7.67. The van der Waals surface area contributed by atoms with Gasteiger partial charge in [-0.2, -0.15) is 0 Å². The summed E-state index contributed by atoms with van der Waals surface area (Å²) in [6.45, 7) is 5.76. The van der Waals surface area contributed by atoms with Crippen LogP contribution in [0.3, 0.4) is 0 Å². The number of nitrogens with zero attached hydrogens (tertiary/aromatic N) is 1. The summed E-state index contributed by atoms with van der Waals surface area (Å²) in [7, 11) is 4.54. The number of amides is 2. The summed E-state index contributed by atoms with van der Waals surface area (Å²) in [6, 6.07) is 3.03. The second-order valence-corrected chi connectivity index (χ2v) is 6.35. The lowest BCUT2D eigenvalue weighted by atomic mass is 9.81.